The average molecular weight is 403 g/mol. The highest BCUT2D eigenvalue weighted by Gasteiger charge is 2.18. The van der Waals surface area contributed by atoms with Crippen LogP contribution < -0.4 is 14.4 Å². The lowest BCUT2D eigenvalue weighted by Gasteiger charge is -2.20. The van der Waals surface area contributed by atoms with E-state index in [9.17, 15) is 13.2 Å². The zero-order chi connectivity index (χ0) is 20.3. The molecule has 0 aromatic heterocycles. The van der Waals surface area contributed by atoms with Gasteiger partial charge in [0.2, 0.25) is 10.0 Å². The number of hydrogen-bond acceptors (Lipinski definition) is 4. The molecule has 150 valence electrons. The number of amides is 1. The summed E-state index contributed by atoms with van der Waals surface area (Å²) < 4.78 is 30.4. The maximum atomic E-state index is 12.5. The van der Waals surface area contributed by atoms with Crippen molar-refractivity contribution in [2.75, 3.05) is 22.9 Å². The van der Waals surface area contributed by atoms with Crippen molar-refractivity contribution in [3.05, 3.63) is 53.6 Å². The lowest BCUT2D eigenvalue weighted by Crippen LogP contribution is -2.30. The Labute approximate surface area is 166 Å². The summed E-state index contributed by atoms with van der Waals surface area (Å²) in [5, 5.41) is 2.79. The third kappa shape index (κ3) is 4.84. The molecule has 1 unspecified atom stereocenters. The number of carbonyl (C=O) groups excluding carboxylic acids is 1. The van der Waals surface area contributed by atoms with E-state index in [4.69, 9.17) is 4.74 Å². The molecule has 3 rings (SSSR count). The van der Waals surface area contributed by atoms with Gasteiger partial charge in [0.1, 0.15) is 5.75 Å². The molecule has 1 amide bonds. The van der Waals surface area contributed by atoms with Crippen molar-refractivity contribution in [2.45, 2.75) is 38.7 Å². The number of nitrogens with zero attached hydrogens (tertiary/aromatic N) is 1. The third-order valence-electron chi connectivity index (χ3n) is 4.98. The normalized spacial score (nSPS) is 14.7. The van der Waals surface area contributed by atoms with E-state index in [-0.39, 0.29) is 5.91 Å². The number of aryl methyl sites for hydroxylation is 2. The molecule has 6 nitrogen and oxygen atoms in total. The Morgan fingerprint density at radius 3 is 2.54 bits per heavy atom. The second-order valence-electron chi connectivity index (χ2n) is 7.17. The molecular formula is C21H26N2O4S. The minimum Gasteiger partial charge on any atom is -0.481 e. The lowest BCUT2D eigenvalue weighted by atomic mass is 9.92. The summed E-state index contributed by atoms with van der Waals surface area (Å²) in [6, 6.07) is 12.7. The number of benzene rings is 2. The molecule has 0 radical (unpaired) electrons. The van der Waals surface area contributed by atoms with Crippen molar-refractivity contribution in [1.82, 2.24) is 0 Å². The van der Waals surface area contributed by atoms with Gasteiger partial charge in [-0.25, -0.2) is 8.42 Å². The van der Waals surface area contributed by atoms with E-state index >= 15 is 0 Å². The van der Waals surface area contributed by atoms with Crippen molar-refractivity contribution < 1.29 is 17.9 Å². The summed E-state index contributed by atoms with van der Waals surface area (Å²) in [6.07, 6.45) is 5.01. The third-order valence-corrected chi connectivity index (χ3v) is 6.18. The number of carbonyl (C=O) groups is 1. The van der Waals surface area contributed by atoms with Crippen molar-refractivity contribution in [3.63, 3.8) is 0 Å². The summed E-state index contributed by atoms with van der Waals surface area (Å²) in [5.74, 6) is 0.394. The monoisotopic (exact) mass is 402 g/mol. The van der Waals surface area contributed by atoms with E-state index in [2.05, 4.69) is 11.4 Å². The number of sulfonamides is 1. The molecule has 1 atom stereocenters. The molecule has 2 aromatic rings. The Kier molecular flexibility index (Phi) is 5.93. The maximum Gasteiger partial charge on any atom is 0.265 e. The van der Waals surface area contributed by atoms with Crippen LogP contribution in [0, 0.1) is 0 Å². The van der Waals surface area contributed by atoms with Gasteiger partial charge in [-0.2, -0.15) is 0 Å². The first-order valence-corrected chi connectivity index (χ1v) is 11.2. The fourth-order valence-corrected chi connectivity index (χ4v) is 3.75. The zero-order valence-electron chi connectivity index (χ0n) is 16.4. The minimum absolute atomic E-state index is 0.295. The van der Waals surface area contributed by atoms with E-state index in [1.165, 1.54) is 31.0 Å². The fraction of sp³-hybridized carbons (Fsp3) is 0.381. The standard InChI is InChI=1S/C21H26N2O4S/c1-15(27-20-12-11-16-7-4-5-8-17(16)13-20)21(24)22-18-9-6-10-19(14-18)23(2)28(3,25)26/h6,9-15H,4-5,7-8H2,1-3H3,(H,22,24). The number of anilines is 2. The van der Waals surface area contributed by atoms with Gasteiger partial charge in [-0.3, -0.25) is 9.10 Å². The molecule has 28 heavy (non-hydrogen) atoms. The van der Waals surface area contributed by atoms with Crippen LogP contribution in [0.1, 0.15) is 30.9 Å². The van der Waals surface area contributed by atoms with Crippen LogP contribution in [0.15, 0.2) is 42.5 Å². The van der Waals surface area contributed by atoms with Gasteiger partial charge in [-0.15, -0.1) is 0 Å². The van der Waals surface area contributed by atoms with Gasteiger partial charge in [-0.05, 0) is 74.1 Å². The second-order valence-corrected chi connectivity index (χ2v) is 9.18. The molecular weight excluding hydrogens is 376 g/mol. The number of fused-ring (bicyclic) bond motifs is 1. The van der Waals surface area contributed by atoms with Gasteiger partial charge in [0.05, 0.1) is 11.9 Å². The minimum atomic E-state index is -3.37. The highest BCUT2D eigenvalue weighted by atomic mass is 32.2. The smallest absolute Gasteiger partial charge is 0.265 e. The predicted octanol–water partition coefficient (Wildman–Crippen LogP) is 3.37. The largest absolute Gasteiger partial charge is 0.481 e. The molecule has 0 bridgehead atoms. The van der Waals surface area contributed by atoms with Gasteiger partial charge >= 0.3 is 0 Å². The van der Waals surface area contributed by atoms with Crippen LogP contribution in [0.4, 0.5) is 11.4 Å². The summed E-state index contributed by atoms with van der Waals surface area (Å²) in [7, 11) is -1.90. The van der Waals surface area contributed by atoms with Gasteiger partial charge < -0.3 is 10.1 Å². The molecule has 1 aliphatic carbocycles. The van der Waals surface area contributed by atoms with Crippen LogP contribution in [0.3, 0.4) is 0 Å². The number of nitrogens with one attached hydrogen (secondary N) is 1. The summed E-state index contributed by atoms with van der Waals surface area (Å²) in [5.41, 5.74) is 3.65. The summed E-state index contributed by atoms with van der Waals surface area (Å²) >= 11 is 0. The van der Waals surface area contributed by atoms with Crippen molar-refractivity contribution in [1.29, 1.82) is 0 Å². The average Bonchev–Trinajstić information content (AvgIpc) is 2.66. The highest BCUT2D eigenvalue weighted by molar-refractivity contribution is 7.92. The first kappa shape index (κ1) is 20.2. The molecule has 0 saturated carbocycles. The first-order valence-electron chi connectivity index (χ1n) is 9.37. The molecule has 7 heteroatoms. The van der Waals surface area contributed by atoms with Crippen LogP contribution in [0.2, 0.25) is 0 Å². The lowest BCUT2D eigenvalue weighted by molar-refractivity contribution is -0.122. The van der Waals surface area contributed by atoms with E-state index in [1.54, 1.807) is 31.2 Å². The maximum absolute atomic E-state index is 12.5. The Morgan fingerprint density at radius 2 is 1.82 bits per heavy atom. The second kappa shape index (κ2) is 8.22. The van der Waals surface area contributed by atoms with Crippen LogP contribution >= 0.6 is 0 Å². The molecule has 0 saturated heterocycles. The van der Waals surface area contributed by atoms with Crippen LogP contribution in [0.25, 0.3) is 0 Å². The van der Waals surface area contributed by atoms with E-state index < -0.39 is 16.1 Å². The Hall–Kier alpha value is -2.54. The number of hydrogen-bond donors (Lipinski definition) is 1. The number of ether oxygens (including phenoxy) is 1. The molecule has 0 aliphatic heterocycles. The van der Waals surface area contributed by atoms with Crippen LogP contribution in [0.5, 0.6) is 5.75 Å². The molecule has 0 heterocycles. The Morgan fingerprint density at radius 1 is 1.11 bits per heavy atom. The Bertz CT molecular complexity index is 972. The molecule has 1 aliphatic rings. The van der Waals surface area contributed by atoms with Crippen molar-refractivity contribution in [2.24, 2.45) is 0 Å². The SMILES string of the molecule is CC(Oc1ccc2c(c1)CCCC2)C(=O)Nc1cccc(N(C)S(C)(=O)=O)c1. The summed E-state index contributed by atoms with van der Waals surface area (Å²) in [4.78, 5) is 12.5. The quantitative estimate of drug-likeness (QED) is 0.804. The first-order chi connectivity index (χ1) is 13.2. The van der Waals surface area contributed by atoms with Crippen molar-refractivity contribution >= 4 is 27.3 Å². The zero-order valence-corrected chi connectivity index (χ0v) is 17.3. The topological polar surface area (TPSA) is 75.7 Å². The predicted molar refractivity (Wildman–Crippen MR) is 111 cm³/mol. The van der Waals surface area contributed by atoms with Gasteiger partial charge in [0, 0.05) is 12.7 Å². The fourth-order valence-electron chi connectivity index (χ4n) is 3.26. The highest BCUT2D eigenvalue weighted by Crippen LogP contribution is 2.26. The van der Waals surface area contributed by atoms with Crippen LogP contribution in [-0.4, -0.2) is 33.7 Å². The van der Waals surface area contributed by atoms with Crippen molar-refractivity contribution in [3.8, 4) is 5.75 Å². The van der Waals surface area contributed by atoms with E-state index in [0.29, 0.717) is 17.1 Å². The van der Waals surface area contributed by atoms with E-state index in [0.717, 1.165) is 23.4 Å². The number of rotatable bonds is 6. The van der Waals surface area contributed by atoms with E-state index in [1.807, 2.05) is 12.1 Å². The molecule has 2 aromatic carbocycles. The molecule has 0 fully saturated rings. The summed E-state index contributed by atoms with van der Waals surface area (Å²) in [6.45, 7) is 1.70. The molecule has 0 spiro atoms. The van der Waals surface area contributed by atoms with Gasteiger partial charge in [0.15, 0.2) is 6.10 Å². The molecule has 1 N–H and O–H groups in total. The van der Waals surface area contributed by atoms with Crippen LogP contribution in [-0.2, 0) is 27.7 Å². The van der Waals surface area contributed by atoms with Gasteiger partial charge in [0.25, 0.3) is 5.91 Å². The van der Waals surface area contributed by atoms with Gasteiger partial charge in [-0.1, -0.05) is 12.1 Å². The Balaban J connectivity index is 1.66.